The first kappa shape index (κ1) is 19.5. The Labute approximate surface area is 158 Å². The van der Waals surface area contributed by atoms with Crippen LogP contribution in [0.1, 0.15) is 25.7 Å². The largest absolute Gasteiger partial charge is 0.573 e. The highest BCUT2D eigenvalue weighted by Crippen LogP contribution is 2.29. The molecule has 27 heavy (non-hydrogen) atoms. The van der Waals surface area contributed by atoms with E-state index in [0.29, 0.717) is 10.9 Å². The molecule has 146 valence electrons. The second-order valence-corrected chi connectivity index (χ2v) is 7.38. The van der Waals surface area contributed by atoms with Crippen molar-refractivity contribution in [1.29, 1.82) is 0 Å². The van der Waals surface area contributed by atoms with Crippen LogP contribution in [0.25, 0.3) is 0 Å². The van der Waals surface area contributed by atoms with Crippen LogP contribution < -0.4 is 10.1 Å². The van der Waals surface area contributed by atoms with Gasteiger partial charge in [-0.1, -0.05) is 11.8 Å². The number of rotatable bonds is 4. The molecule has 0 aromatic heterocycles. The van der Waals surface area contributed by atoms with Crippen LogP contribution in [0.4, 0.5) is 18.9 Å². The second kappa shape index (κ2) is 8.20. The number of hydrogen-bond donors (Lipinski definition) is 1. The van der Waals surface area contributed by atoms with Crippen LogP contribution in [0.3, 0.4) is 0 Å². The van der Waals surface area contributed by atoms with Gasteiger partial charge in [0.1, 0.15) is 11.0 Å². The lowest BCUT2D eigenvalue weighted by Gasteiger charge is -2.27. The van der Waals surface area contributed by atoms with Gasteiger partial charge in [-0.05, 0) is 43.5 Å². The zero-order chi connectivity index (χ0) is 19.4. The van der Waals surface area contributed by atoms with Crippen LogP contribution in [0.15, 0.2) is 29.3 Å². The number of amides is 2. The number of thioether (sulfide) groups is 1. The van der Waals surface area contributed by atoms with E-state index in [-0.39, 0.29) is 18.1 Å². The smallest absolute Gasteiger partial charge is 0.406 e. The Balaban J connectivity index is 1.50. The van der Waals surface area contributed by atoms with Crippen LogP contribution in [0.2, 0.25) is 0 Å². The second-order valence-electron chi connectivity index (χ2n) is 6.21. The number of alkyl halides is 3. The molecule has 2 aliphatic heterocycles. The molecular formula is C17H18F3N3O3S. The first-order valence-corrected chi connectivity index (χ1v) is 9.38. The van der Waals surface area contributed by atoms with Crippen molar-refractivity contribution in [3.05, 3.63) is 24.3 Å². The third kappa shape index (κ3) is 5.62. The number of hydrogen-bond acceptors (Lipinski definition) is 5. The van der Waals surface area contributed by atoms with Gasteiger partial charge in [0.2, 0.25) is 5.91 Å². The summed E-state index contributed by atoms with van der Waals surface area (Å²) in [6.45, 7) is 1.73. The van der Waals surface area contributed by atoms with E-state index in [1.54, 1.807) is 0 Å². The molecule has 3 rings (SSSR count). The summed E-state index contributed by atoms with van der Waals surface area (Å²) in [7, 11) is 0. The highest BCUT2D eigenvalue weighted by Gasteiger charge is 2.33. The average Bonchev–Trinajstić information content (AvgIpc) is 2.97. The Bertz CT molecular complexity index is 731. The van der Waals surface area contributed by atoms with E-state index in [0.717, 1.165) is 38.1 Å². The molecular weight excluding hydrogens is 383 g/mol. The molecule has 0 bridgehead atoms. The van der Waals surface area contributed by atoms with Gasteiger partial charge in [0.15, 0.2) is 5.17 Å². The topological polar surface area (TPSA) is 71.0 Å². The minimum absolute atomic E-state index is 0.0505. The number of nitrogens with zero attached hydrogens (tertiary/aromatic N) is 2. The molecule has 1 N–H and O–H groups in total. The molecule has 0 radical (unpaired) electrons. The Morgan fingerprint density at radius 2 is 1.89 bits per heavy atom. The quantitative estimate of drug-likeness (QED) is 0.837. The molecule has 0 spiro atoms. The highest BCUT2D eigenvalue weighted by molar-refractivity contribution is 8.15. The summed E-state index contributed by atoms with van der Waals surface area (Å²) in [5.41, 5.74) is 0.321. The minimum Gasteiger partial charge on any atom is -0.406 e. The van der Waals surface area contributed by atoms with Crippen LogP contribution in [0.5, 0.6) is 5.75 Å². The SMILES string of the molecule is O=C(C[C@H]1SC(N2CCCCC2)=NC1=O)Nc1ccc(OC(F)(F)F)cc1. The molecule has 1 aromatic rings. The fourth-order valence-electron chi connectivity index (χ4n) is 2.85. The molecule has 10 heteroatoms. The summed E-state index contributed by atoms with van der Waals surface area (Å²) in [4.78, 5) is 30.3. The van der Waals surface area contributed by atoms with Gasteiger partial charge in [-0.3, -0.25) is 9.59 Å². The normalized spacial score (nSPS) is 20.4. The van der Waals surface area contributed by atoms with E-state index in [2.05, 4.69) is 19.9 Å². The third-order valence-corrected chi connectivity index (χ3v) is 5.31. The van der Waals surface area contributed by atoms with Crippen LogP contribution in [-0.2, 0) is 9.59 Å². The fraction of sp³-hybridized carbons (Fsp3) is 0.471. The summed E-state index contributed by atoms with van der Waals surface area (Å²) in [6.07, 6.45) is -1.52. The van der Waals surface area contributed by atoms with Crippen molar-refractivity contribution in [2.75, 3.05) is 18.4 Å². The molecule has 2 heterocycles. The van der Waals surface area contributed by atoms with E-state index < -0.39 is 17.5 Å². The number of carbonyl (C=O) groups excluding carboxylic acids is 2. The summed E-state index contributed by atoms with van der Waals surface area (Å²) >= 11 is 1.29. The lowest BCUT2D eigenvalue weighted by molar-refractivity contribution is -0.274. The fourth-order valence-corrected chi connectivity index (χ4v) is 3.97. The molecule has 1 fully saturated rings. The number of amidine groups is 1. The maximum absolute atomic E-state index is 12.2. The summed E-state index contributed by atoms with van der Waals surface area (Å²) in [5, 5.41) is 2.67. The number of likely N-dealkylation sites (tertiary alicyclic amines) is 1. The molecule has 6 nitrogen and oxygen atoms in total. The number of ether oxygens (including phenoxy) is 1. The maximum Gasteiger partial charge on any atom is 0.573 e. The number of nitrogens with one attached hydrogen (secondary N) is 1. The van der Waals surface area contributed by atoms with Crippen molar-refractivity contribution in [3.8, 4) is 5.75 Å². The third-order valence-electron chi connectivity index (χ3n) is 4.10. The number of aliphatic imine (C=N–C) groups is 1. The van der Waals surface area contributed by atoms with Gasteiger partial charge in [0, 0.05) is 25.2 Å². The van der Waals surface area contributed by atoms with Crippen LogP contribution >= 0.6 is 11.8 Å². The van der Waals surface area contributed by atoms with Gasteiger partial charge in [-0.25, -0.2) is 0 Å². The van der Waals surface area contributed by atoms with Gasteiger partial charge in [-0.2, -0.15) is 4.99 Å². The minimum atomic E-state index is -4.77. The maximum atomic E-state index is 12.2. The number of carbonyl (C=O) groups is 2. The molecule has 1 aromatic carbocycles. The first-order valence-electron chi connectivity index (χ1n) is 8.50. The molecule has 0 saturated carbocycles. The Morgan fingerprint density at radius 1 is 1.22 bits per heavy atom. The van der Waals surface area contributed by atoms with Crippen LogP contribution in [-0.4, -0.2) is 46.6 Å². The zero-order valence-corrected chi connectivity index (χ0v) is 15.1. The number of benzene rings is 1. The summed E-state index contributed by atoms with van der Waals surface area (Å²) in [6, 6.07) is 4.82. The molecule has 2 aliphatic rings. The predicted molar refractivity (Wildman–Crippen MR) is 95.6 cm³/mol. The highest BCUT2D eigenvalue weighted by atomic mass is 32.2. The van der Waals surface area contributed by atoms with Gasteiger partial charge >= 0.3 is 6.36 Å². The van der Waals surface area contributed by atoms with Crippen molar-refractivity contribution in [2.45, 2.75) is 37.3 Å². The number of halogens is 3. The molecule has 0 aliphatic carbocycles. The number of piperidine rings is 1. The molecule has 1 atom stereocenters. The van der Waals surface area contributed by atoms with Crippen molar-refractivity contribution >= 4 is 34.4 Å². The van der Waals surface area contributed by atoms with Gasteiger partial charge in [0.05, 0.1) is 0 Å². The van der Waals surface area contributed by atoms with Crippen molar-refractivity contribution in [1.82, 2.24) is 4.90 Å². The summed E-state index contributed by atoms with van der Waals surface area (Å²) < 4.78 is 40.2. The number of anilines is 1. The van der Waals surface area contributed by atoms with E-state index >= 15 is 0 Å². The standard InChI is InChI=1S/C17H18F3N3O3S/c18-17(19,20)26-12-6-4-11(5-7-12)21-14(24)10-13-15(25)22-16(27-13)23-8-2-1-3-9-23/h4-7,13H,1-3,8-10H2,(H,21,24)/t13-/m1/s1. The first-order chi connectivity index (χ1) is 12.8. The zero-order valence-electron chi connectivity index (χ0n) is 14.3. The Kier molecular flexibility index (Phi) is 5.93. The van der Waals surface area contributed by atoms with E-state index in [1.165, 1.54) is 30.3 Å². The average molecular weight is 401 g/mol. The van der Waals surface area contributed by atoms with Gasteiger partial charge < -0.3 is 15.0 Å². The summed E-state index contributed by atoms with van der Waals surface area (Å²) in [5.74, 6) is -1.10. The molecule has 2 amide bonds. The van der Waals surface area contributed by atoms with Gasteiger partial charge in [0.25, 0.3) is 5.91 Å². The van der Waals surface area contributed by atoms with Crippen LogP contribution in [0, 0.1) is 0 Å². The lowest BCUT2D eigenvalue weighted by Crippen LogP contribution is -2.33. The monoisotopic (exact) mass is 401 g/mol. The van der Waals surface area contributed by atoms with E-state index in [9.17, 15) is 22.8 Å². The Hall–Kier alpha value is -2.23. The predicted octanol–water partition coefficient (Wildman–Crippen LogP) is 3.40. The molecule has 0 unspecified atom stereocenters. The van der Waals surface area contributed by atoms with Gasteiger partial charge in [-0.15, -0.1) is 13.2 Å². The van der Waals surface area contributed by atoms with Crippen molar-refractivity contribution in [3.63, 3.8) is 0 Å². The van der Waals surface area contributed by atoms with Crippen molar-refractivity contribution < 1.29 is 27.5 Å². The Morgan fingerprint density at radius 3 is 2.52 bits per heavy atom. The van der Waals surface area contributed by atoms with E-state index in [4.69, 9.17) is 0 Å². The lowest BCUT2D eigenvalue weighted by atomic mass is 10.1. The molecule has 1 saturated heterocycles. The van der Waals surface area contributed by atoms with Crippen molar-refractivity contribution in [2.24, 2.45) is 4.99 Å². The van der Waals surface area contributed by atoms with E-state index in [1.807, 2.05) is 0 Å².